The molecule has 0 saturated heterocycles. The van der Waals surface area contributed by atoms with Crippen LogP contribution in [0, 0.1) is 0 Å². The van der Waals surface area contributed by atoms with Crippen LogP contribution in [-0.2, 0) is 22.7 Å². The molecule has 1 N–H and O–H groups in total. The molecule has 106 valence electrons. The number of hydrogen-bond acceptors (Lipinski definition) is 3. The van der Waals surface area contributed by atoms with E-state index in [0.29, 0.717) is 25.7 Å². The highest BCUT2D eigenvalue weighted by Gasteiger charge is 2.31. The molecule has 19 heavy (non-hydrogen) atoms. The van der Waals surface area contributed by atoms with Crippen molar-refractivity contribution < 1.29 is 13.5 Å². The van der Waals surface area contributed by atoms with Crippen LogP contribution in [0.4, 0.5) is 0 Å². The largest absolute Gasteiger partial charge is 0.390 e. The molecular formula is C14H19BrO3S. The van der Waals surface area contributed by atoms with Crippen molar-refractivity contribution in [3.8, 4) is 0 Å². The Hall–Kier alpha value is -0.390. The van der Waals surface area contributed by atoms with E-state index in [9.17, 15) is 13.5 Å². The van der Waals surface area contributed by atoms with Crippen LogP contribution in [0.25, 0.3) is 0 Å². The average molecular weight is 347 g/mol. The van der Waals surface area contributed by atoms with Crippen LogP contribution >= 0.6 is 15.9 Å². The Labute approximate surface area is 123 Å². The van der Waals surface area contributed by atoms with E-state index >= 15 is 0 Å². The lowest BCUT2D eigenvalue weighted by Crippen LogP contribution is -2.36. The van der Waals surface area contributed by atoms with Crippen LogP contribution < -0.4 is 0 Å². The Morgan fingerprint density at radius 1 is 1.37 bits per heavy atom. The molecule has 0 radical (unpaired) electrons. The molecule has 1 aliphatic carbocycles. The molecule has 1 aromatic rings. The zero-order valence-electron chi connectivity index (χ0n) is 11.0. The monoisotopic (exact) mass is 346 g/mol. The highest BCUT2D eigenvalue weighted by Crippen LogP contribution is 2.33. The van der Waals surface area contributed by atoms with Gasteiger partial charge in [-0.15, -0.1) is 0 Å². The van der Waals surface area contributed by atoms with Crippen molar-refractivity contribution in [2.75, 3.05) is 12.0 Å². The van der Waals surface area contributed by atoms with Gasteiger partial charge in [-0.25, -0.2) is 8.42 Å². The van der Waals surface area contributed by atoms with E-state index < -0.39 is 15.4 Å². The third kappa shape index (κ3) is 4.29. The summed E-state index contributed by atoms with van der Waals surface area (Å²) in [7, 11) is -2.94. The predicted octanol–water partition coefficient (Wildman–Crippen LogP) is 2.49. The average Bonchev–Trinajstić information content (AvgIpc) is 2.28. The molecule has 0 heterocycles. The third-order valence-corrected chi connectivity index (χ3v) is 5.23. The summed E-state index contributed by atoms with van der Waals surface area (Å²) in [5, 5.41) is 10.6. The van der Waals surface area contributed by atoms with E-state index in [1.165, 1.54) is 17.4 Å². The van der Waals surface area contributed by atoms with Crippen molar-refractivity contribution >= 4 is 25.8 Å². The molecule has 0 bridgehead atoms. The molecule has 5 heteroatoms. The lowest BCUT2D eigenvalue weighted by Gasteiger charge is -2.33. The quantitative estimate of drug-likeness (QED) is 0.911. The summed E-state index contributed by atoms with van der Waals surface area (Å²) in [6.45, 7) is 0. The van der Waals surface area contributed by atoms with Crippen LogP contribution in [0.5, 0.6) is 0 Å². The van der Waals surface area contributed by atoms with E-state index in [1.807, 2.05) is 12.1 Å². The first-order chi connectivity index (χ1) is 8.77. The first kappa shape index (κ1) is 15.0. The standard InChI is InChI=1S/C14H19BrO3S/c1-19(17,18)8-2-6-14(16)7-5-11-9-13(15)4-3-12(11)10-14/h3-4,9,16H,2,5-8,10H2,1H3. The minimum absolute atomic E-state index is 0.155. The smallest absolute Gasteiger partial charge is 0.147 e. The van der Waals surface area contributed by atoms with Crippen LogP contribution in [0.2, 0.25) is 0 Å². The summed E-state index contributed by atoms with van der Waals surface area (Å²) in [6, 6.07) is 6.13. The van der Waals surface area contributed by atoms with Gasteiger partial charge in [0.2, 0.25) is 0 Å². The summed E-state index contributed by atoms with van der Waals surface area (Å²) >= 11 is 3.45. The van der Waals surface area contributed by atoms with E-state index in [4.69, 9.17) is 0 Å². The molecule has 0 aromatic heterocycles. The molecule has 2 rings (SSSR count). The lowest BCUT2D eigenvalue weighted by molar-refractivity contribution is 0.0174. The second-order valence-corrected chi connectivity index (χ2v) is 8.72. The van der Waals surface area contributed by atoms with Gasteiger partial charge in [-0.3, -0.25) is 0 Å². The molecular weight excluding hydrogens is 328 g/mol. The zero-order chi connectivity index (χ0) is 14.1. The number of halogens is 1. The van der Waals surface area contributed by atoms with Crippen LogP contribution in [-0.4, -0.2) is 31.1 Å². The van der Waals surface area contributed by atoms with Gasteiger partial charge in [-0.05, 0) is 48.9 Å². The summed E-state index contributed by atoms with van der Waals surface area (Å²) < 4.78 is 23.3. The number of sulfone groups is 1. The fourth-order valence-corrected chi connectivity index (χ4v) is 3.76. The maximum atomic E-state index is 11.1. The van der Waals surface area contributed by atoms with Crippen molar-refractivity contribution in [2.24, 2.45) is 0 Å². The maximum Gasteiger partial charge on any atom is 0.147 e. The fourth-order valence-electron chi connectivity index (χ4n) is 2.69. The first-order valence-corrected chi connectivity index (χ1v) is 9.30. The van der Waals surface area contributed by atoms with Gasteiger partial charge in [0, 0.05) is 22.9 Å². The second kappa shape index (κ2) is 5.54. The van der Waals surface area contributed by atoms with Crippen LogP contribution in [0.1, 0.15) is 30.4 Å². The number of hydrogen-bond donors (Lipinski definition) is 1. The van der Waals surface area contributed by atoms with Gasteiger partial charge in [0.15, 0.2) is 0 Å². The van der Waals surface area contributed by atoms with Crippen LogP contribution in [0.3, 0.4) is 0 Å². The van der Waals surface area contributed by atoms with Crippen molar-refractivity contribution in [2.45, 2.75) is 37.7 Å². The van der Waals surface area contributed by atoms with Gasteiger partial charge in [0.25, 0.3) is 0 Å². The highest BCUT2D eigenvalue weighted by molar-refractivity contribution is 9.10. The fraction of sp³-hybridized carbons (Fsp3) is 0.571. The van der Waals surface area contributed by atoms with Gasteiger partial charge < -0.3 is 5.11 Å². The Morgan fingerprint density at radius 3 is 2.79 bits per heavy atom. The third-order valence-electron chi connectivity index (χ3n) is 3.70. The van der Waals surface area contributed by atoms with Gasteiger partial charge in [-0.1, -0.05) is 22.0 Å². The SMILES string of the molecule is CS(=O)(=O)CCCC1(O)CCc2cc(Br)ccc2C1. The second-order valence-electron chi connectivity index (χ2n) is 5.55. The Kier molecular flexibility index (Phi) is 4.38. The Morgan fingerprint density at radius 2 is 2.11 bits per heavy atom. The van der Waals surface area contributed by atoms with E-state index in [2.05, 4.69) is 22.0 Å². The first-order valence-electron chi connectivity index (χ1n) is 6.45. The summed E-state index contributed by atoms with van der Waals surface area (Å²) in [4.78, 5) is 0. The molecule has 1 aromatic carbocycles. The van der Waals surface area contributed by atoms with Crippen molar-refractivity contribution in [1.29, 1.82) is 0 Å². The molecule has 0 saturated carbocycles. The summed E-state index contributed by atoms with van der Waals surface area (Å²) in [6.07, 6.45) is 4.51. The molecule has 3 nitrogen and oxygen atoms in total. The highest BCUT2D eigenvalue weighted by atomic mass is 79.9. The van der Waals surface area contributed by atoms with Gasteiger partial charge in [0.05, 0.1) is 5.60 Å². The van der Waals surface area contributed by atoms with Crippen molar-refractivity contribution in [3.63, 3.8) is 0 Å². The molecule has 0 aliphatic heterocycles. The van der Waals surface area contributed by atoms with Crippen molar-refractivity contribution in [1.82, 2.24) is 0 Å². The van der Waals surface area contributed by atoms with E-state index in [0.717, 1.165) is 10.9 Å². The van der Waals surface area contributed by atoms with Gasteiger partial charge in [-0.2, -0.15) is 0 Å². The molecule has 0 spiro atoms. The minimum atomic E-state index is -2.94. The number of benzene rings is 1. The Balaban J connectivity index is 2.01. The number of fused-ring (bicyclic) bond motifs is 1. The minimum Gasteiger partial charge on any atom is -0.390 e. The number of aliphatic hydroxyl groups is 1. The normalized spacial score (nSPS) is 23.1. The van der Waals surface area contributed by atoms with E-state index in [1.54, 1.807) is 0 Å². The van der Waals surface area contributed by atoms with Gasteiger partial charge in [0.1, 0.15) is 9.84 Å². The lowest BCUT2D eigenvalue weighted by atomic mass is 9.78. The number of aryl methyl sites for hydroxylation is 1. The summed E-state index contributed by atoms with van der Waals surface area (Å²) in [5.74, 6) is 0.155. The predicted molar refractivity (Wildman–Crippen MR) is 80.1 cm³/mol. The van der Waals surface area contributed by atoms with Crippen LogP contribution in [0.15, 0.2) is 22.7 Å². The molecule has 0 amide bonds. The molecule has 1 aliphatic rings. The van der Waals surface area contributed by atoms with Crippen molar-refractivity contribution in [3.05, 3.63) is 33.8 Å². The Bertz CT molecular complexity index is 568. The maximum absolute atomic E-state index is 11.1. The molecule has 0 fully saturated rings. The molecule has 1 unspecified atom stereocenters. The van der Waals surface area contributed by atoms with E-state index in [-0.39, 0.29) is 5.75 Å². The summed E-state index contributed by atoms with van der Waals surface area (Å²) in [5.41, 5.74) is 1.71. The molecule has 1 atom stereocenters. The number of rotatable bonds is 4. The topological polar surface area (TPSA) is 54.4 Å². The zero-order valence-corrected chi connectivity index (χ0v) is 13.4. The van der Waals surface area contributed by atoms with Gasteiger partial charge >= 0.3 is 0 Å².